The summed E-state index contributed by atoms with van der Waals surface area (Å²) < 4.78 is 16.9. The van der Waals surface area contributed by atoms with E-state index >= 15 is 0 Å². The molecule has 0 aliphatic carbocycles. The van der Waals surface area contributed by atoms with Crippen LogP contribution in [0.3, 0.4) is 0 Å². The molecule has 72 heavy (non-hydrogen) atoms. The molecule has 0 radical (unpaired) electrons. The molecule has 0 N–H and O–H groups in total. The van der Waals surface area contributed by atoms with Gasteiger partial charge in [-0.1, -0.05) is 241 Å². The summed E-state index contributed by atoms with van der Waals surface area (Å²) in [4.78, 5) is 38.3. The summed E-state index contributed by atoms with van der Waals surface area (Å²) in [5.41, 5.74) is 0. The number of carbonyl (C=O) groups excluding carboxylic acids is 3. The quantitative estimate of drug-likeness (QED) is 0.0261. The van der Waals surface area contributed by atoms with Gasteiger partial charge in [-0.05, 0) is 122 Å². The zero-order valence-corrected chi connectivity index (χ0v) is 47.4. The number of esters is 3. The van der Waals surface area contributed by atoms with Crippen molar-refractivity contribution >= 4 is 17.9 Å². The van der Waals surface area contributed by atoms with E-state index in [0.29, 0.717) is 19.3 Å². The molecule has 0 amide bonds. The van der Waals surface area contributed by atoms with Gasteiger partial charge in [0.2, 0.25) is 0 Å². The summed E-state index contributed by atoms with van der Waals surface area (Å²) in [5.74, 6) is -0.927. The highest BCUT2D eigenvalue weighted by atomic mass is 16.6. The van der Waals surface area contributed by atoms with Crippen LogP contribution in [0.2, 0.25) is 0 Å². The first-order valence-electron chi connectivity index (χ1n) is 30.6. The molecule has 0 rings (SSSR count). The van der Waals surface area contributed by atoms with Gasteiger partial charge >= 0.3 is 17.9 Å². The topological polar surface area (TPSA) is 78.9 Å². The summed E-state index contributed by atoms with van der Waals surface area (Å²) in [6.45, 7) is 6.57. The highest BCUT2D eigenvalue weighted by molar-refractivity contribution is 5.71. The van der Waals surface area contributed by atoms with E-state index in [0.717, 1.165) is 96.3 Å². The highest BCUT2D eigenvalue weighted by Crippen LogP contribution is 2.15. The molecule has 0 bridgehead atoms. The third kappa shape index (κ3) is 57.5. The van der Waals surface area contributed by atoms with Gasteiger partial charge in [-0.15, -0.1) is 0 Å². The van der Waals surface area contributed by atoms with Crippen LogP contribution in [0.4, 0.5) is 0 Å². The Morgan fingerprint density at radius 3 is 0.833 bits per heavy atom. The average Bonchev–Trinajstić information content (AvgIpc) is 3.38. The van der Waals surface area contributed by atoms with Crippen molar-refractivity contribution < 1.29 is 28.6 Å². The van der Waals surface area contributed by atoms with Gasteiger partial charge in [0, 0.05) is 19.3 Å². The second-order valence-electron chi connectivity index (χ2n) is 20.2. The van der Waals surface area contributed by atoms with Crippen molar-refractivity contribution in [2.45, 2.75) is 303 Å². The lowest BCUT2D eigenvalue weighted by Gasteiger charge is -2.18. The fourth-order valence-electron chi connectivity index (χ4n) is 8.45. The minimum absolute atomic E-state index is 0.0923. The number of hydrogen-bond donors (Lipinski definition) is 0. The van der Waals surface area contributed by atoms with Gasteiger partial charge < -0.3 is 14.2 Å². The summed E-state index contributed by atoms with van der Waals surface area (Å²) in [6, 6.07) is 0. The van der Waals surface area contributed by atoms with E-state index in [9.17, 15) is 14.4 Å². The number of ether oxygens (including phenoxy) is 3. The zero-order valence-electron chi connectivity index (χ0n) is 47.4. The Labute approximate surface area is 445 Å². The molecule has 0 aromatic carbocycles. The van der Waals surface area contributed by atoms with E-state index < -0.39 is 6.10 Å². The number of rotatable bonds is 55. The molecule has 0 aliphatic heterocycles. The Kier molecular flexibility index (Phi) is 57.3. The fourth-order valence-corrected chi connectivity index (χ4v) is 8.45. The number of allylic oxidation sites excluding steroid dienone is 14. The Morgan fingerprint density at radius 2 is 0.500 bits per heavy atom. The third-order valence-electron chi connectivity index (χ3n) is 13.1. The lowest BCUT2D eigenvalue weighted by Crippen LogP contribution is -2.30. The molecule has 0 saturated carbocycles. The molecule has 0 aromatic rings. The second-order valence-corrected chi connectivity index (χ2v) is 20.2. The SMILES string of the molecule is CCCCC/C=C\C/C=C\C/C=C\C/C=C\CCCCCC(=O)OC[C@@H](COC(=O)CCCCCCC/C=C\CCCCCCCCC)OC(=O)CCCCCCCCCCC/C=C\C/C=C\CCCCC. The molecule has 0 aliphatic rings. The smallest absolute Gasteiger partial charge is 0.306 e. The first-order valence-corrected chi connectivity index (χ1v) is 30.6. The first-order chi connectivity index (χ1) is 35.5. The van der Waals surface area contributed by atoms with Crippen LogP contribution < -0.4 is 0 Å². The minimum Gasteiger partial charge on any atom is -0.462 e. The summed E-state index contributed by atoms with van der Waals surface area (Å²) in [7, 11) is 0. The molecule has 0 heterocycles. The molecular formula is C66H114O6. The van der Waals surface area contributed by atoms with Crippen LogP contribution in [0.1, 0.15) is 297 Å². The Hall–Kier alpha value is -3.41. The molecule has 0 aromatic heterocycles. The lowest BCUT2D eigenvalue weighted by molar-refractivity contribution is -0.167. The summed E-state index contributed by atoms with van der Waals surface area (Å²) in [5, 5.41) is 0. The van der Waals surface area contributed by atoms with E-state index in [1.54, 1.807) is 0 Å². The van der Waals surface area contributed by atoms with E-state index in [1.165, 1.54) is 161 Å². The largest absolute Gasteiger partial charge is 0.462 e. The normalized spacial score (nSPS) is 12.7. The molecule has 0 saturated heterocycles. The number of carbonyl (C=O) groups is 3. The van der Waals surface area contributed by atoms with Crippen LogP contribution in [0.25, 0.3) is 0 Å². The molecule has 6 nitrogen and oxygen atoms in total. The van der Waals surface area contributed by atoms with Crippen LogP contribution in [-0.4, -0.2) is 37.2 Å². The molecular weight excluding hydrogens is 889 g/mol. The van der Waals surface area contributed by atoms with E-state index in [4.69, 9.17) is 14.2 Å². The standard InChI is InChI=1S/C66H114O6/c1-4-7-10-13-16-19-22-25-28-31-33-35-38-41-44-47-50-53-56-59-65(68)71-62-63(61-70-64(67)58-55-52-49-46-43-40-37-30-27-24-21-18-15-12-9-6-3)72-66(69)60-57-54-51-48-45-42-39-36-34-32-29-26-23-20-17-14-11-8-5-2/h16-17,19-20,25-26,28-30,33,35,37,41,44,63H,4-15,18,21-24,27,31-32,34,36,38-40,42-43,45-62H2,1-3H3/b19-16-,20-17-,28-25-,29-26-,35-33-,37-30-,44-41-/t63-/m1/s1. The van der Waals surface area contributed by atoms with Crippen molar-refractivity contribution in [2.24, 2.45) is 0 Å². The van der Waals surface area contributed by atoms with Crippen molar-refractivity contribution in [1.82, 2.24) is 0 Å². The van der Waals surface area contributed by atoms with Gasteiger partial charge in [0.15, 0.2) is 6.10 Å². The zero-order chi connectivity index (χ0) is 52.2. The highest BCUT2D eigenvalue weighted by Gasteiger charge is 2.19. The lowest BCUT2D eigenvalue weighted by atomic mass is 10.1. The van der Waals surface area contributed by atoms with Crippen LogP contribution in [0.5, 0.6) is 0 Å². The van der Waals surface area contributed by atoms with Crippen molar-refractivity contribution in [1.29, 1.82) is 0 Å². The third-order valence-corrected chi connectivity index (χ3v) is 13.1. The van der Waals surface area contributed by atoms with E-state index in [1.807, 2.05) is 0 Å². The number of unbranched alkanes of at least 4 members (excludes halogenated alkanes) is 30. The van der Waals surface area contributed by atoms with Gasteiger partial charge in [-0.2, -0.15) is 0 Å². The maximum atomic E-state index is 12.9. The Balaban J connectivity index is 4.46. The minimum atomic E-state index is -0.797. The number of hydrogen-bond acceptors (Lipinski definition) is 6. The first kappa shape index (κ1) is 68.6. The Bertz CT molecular complexity index is 1380. The van der Waals surface area contributed by atoms with Gasteiger partial charge in [-0.25, -0.2) is 0 Å². The van der Waals surface area contributed by atoms with Crippen molar-refractivity contribution in [3.8, 4) is 0 Å². The predicted octanol–water partition coefficient (Wildman–Crippen LogP) is 20.7. The maximum absolute atomic E-state index is 12.9. The van der Waals surface area contributed by atoms with Crippen LogP contribution >= 0.6 is 0 Å². The molecule has 0 unspecified atom stereocenters. The van der Waals surface area contributed by atoms with Gasteiger partial charge in [0.25, 0.3) is 0 Å². The second kappa shape index (κ2) is 60.1. The van der Waals surface area contributed by atoms with E-state index in [2.05, 4.69) is 106 Å². The van der Waals surface area contributed by atoms with Crippen molar-refractivity contribution in [3.05, 3.63) is 85.1 Å². The van der Waals surface area contributed by atoms with E-state index in [-0.39, 0.29) is 31.1 Å². The Morgan fingerprint density at radius 1 is 0.278 bits per heavy atom. The van der Waals surface area contributed by atoms with Crippen molar-refractivity contribution in [3.63, 3.8) is 0 Å². The monoisotopic (exact) mass is 1000 g/mol. The summed E-state index contributed by atoms with van der Waals surface area (Å²) in [6.07, 6.45) is 78.6. The molecule has 0 fully saturated rings. The molecule has 1 atom stereocenters. The van der Waals surface area contributed by atoms with Crippen LogP contribution in [0.15, 0.2) is 85.1 Å². The van der Waals surface area contributed by atoms with Gasteiger partial charge in [0.1, 0.15) is 13.2 Å². The predicted molar refractivity (Wildman–Crippen MR) is 311 cm³/mol. The molecule has 6 heteroatoms. The van der Waals surface area contributed by atoms with Crippen molar-refractivity contribution in [2.75, 3.05) is 13.2 Å². The van der Waals surface area contributed by atoms with Crippen LogP contribution in [0, 0.1) is 0 Å². The maximum Gasteiger partial charge on any atom is 0.306 e. The van der Waals surface area contributed by atoms with Gasteiger partial charge in [0.05, 0.1) is 0 Å². The van der Waals surface area contributed by atoms with Crippen LogP contribution in [-0.2, 0) is 28.6 Å². The van der Waals surface area contributed by atoms with Gasteiger partial charge in [-0.3, -0.25) is 14.4 Å². The fraction of sp³-hybridized carbons (Fsp3) is 0.742. The average molecular weight is 1000 g/mol. The molecule has 0 spiro atoms. The molecule has 414 valence electrons. The summed E-state index contributed by atoms with van der Waals surface area (Å²) >= 11 is 0.